The minimum atomic E-state index is -0.252. The number of aromatic nitrogens is 1. The summed E-state index contributed by atoms with van der Waals surface area (Å²) >= 11 is 0. The quantitative estimate of drug-likeness (QED) is 0.925. The molecule has 2 amide bonds. The molecule has 1 aromatic heterocycles. The molecule has 0 spiro atoms. The third kappa shape index (κ3) is 3.40. The average molecular weight is 335 g/mol. The highest BCUT2D eigenvalue weighted by Gasteiger charge is 2.35. The van der Waals surface area contributed by atoms with Gasteiger partial charge in [-0.15, -0.1) is 0 Å². The Balaban J connectivity index is 1.34. The van der Waals surface area contributed by atoms with Gasteiger partial charge < -0.3 is 10.2 Å². The molecule has 0 radical (unpaired) electrons. The molecule has 1 fully saturated rings. The number of hydrogen-bond acceptors (Lipinski definition) is 3. The average Bonchev–Trinajstić information content (AvgIpc) is 3.19. The minimum Gasteiger partial charge on any atom is -0.352 e. The second-order valence-electron chi connectivity index (χ2n) is 6.91. The van der Waals surface area contributed by atoms with E-state index in [4.69, 9.17) is 0 Å². The number of pyridine rings is 1. The summed E-state index contributed by atoms with van der Waals surface area (Å²) < 4.78 is 0. The maximum Gasteiger partial charge on any atom is 0.225 e. The lowest BCUT2D eigenvalue weighted by molar-refractivity contribution is -0.129. The van der Waals surface area contributed by atoms with Crippen molar-refractivity contribution in [2.45, 2.75) is 31.8 Å². The number of carbonyl (C=O) groups excluding carboxylic acids is 2. The van der Waals surface area contributed by atoms with Gasteiger partial charge in [0.15, 0.2) is 0 Å². The summed E-state index contributed by atoms with van der Waals surface area (Å²) in [6.07, 6.45) is 5.50. The molecule has 1 N–H and O–H groups in total. The van der Waals surface area contributed by atoms with Gasteiger partial charge in [-0.25, -0.2) is 0 Å². The summed E-state index contributed by atoms with van der Waals surface area (Å²) in [4.78, 5) is 30.6. The van der Waals surface area contributed by atoms with Gasteiger partial charge in [-0.3, -0.25) is 14.6 Å². The Bertz CT molecular complexity index is 766. The monoisotopic (exact) mass is 335 g/mol. The number of fused-ring (bicyclic) bond motifs is 1. The highest BCUT2D eigenvalue weighted by atomic mass is 16.2. The summed E-state index contributed by atoms with van der Waals surface area (Å²) in [5.41, 5.74) is 3.67. The van der Waals surface area contributed by atoms with Crippen LogP contribution in [0.4, 0.5) is 0 Å². The van der Waals surface area contributed by atoms with Crippen molar-refractivity contribution >= 4 is 11.8 Å². The molecule has 2 aromatic rings. The minimum absolute atomic E-state index is 0.00313. The first kappa shape index (κ1) is 15.8. The zero-order chi connectivity index (χ0) is 17.2. The van der Waals surface area contributed by atoms with Gasteiger partial charge in [-0.2, -0.15) is 0 Å². The topological polar surface area (TPSA) is 62.3 Å². The highest BCUT2D eigenvalue weighted by Crippen LogP contribution is 2.24. The van der Waals surface area contributed by atoms with Gasteiger partial charge in [-0.1, -0.05) is 24.3 Å². The molecule has 4 rings (SSSR count). The summed E-state index contributed by atoms with van der Waals surface area (Å²) in [5, 5.41) is 3.14. The van der Waals surface area contributed by atoms with Crippen molar-refractivity contribution in [2.24, 2.45) is 5.92 Å². The van der Waals surface area contributed by atoms with Crippen LogP contribution >= 0.6 is 0 Å². The van der Waals surface area contributed by atoms with E-state index >= 15 is 0 Å². The Hall–Kier alpha value is -2.69. The summed E-state index contributed by atoms with van der Waals surface area (Å²) in [7, 11) is 0. The first-order valence-electron chi connectivity index (χ1n) is 8.73. The summed E-state index contributed by atoms with van der Waals surface area (Å²) in [6, 6.07) is 12.3. The predicted octanol–water partition coefficient (Wildman–Crippen LogP) is 1.71. The van der Waals surface area contributed by atoms with Crippen LogP contribution in [0.2, 0.25) is 0 Å². The second kappa shape index (κ2) is 6.67. The zero-order valence-electron chi connectivity index (χ0n) is 14.0. The first-order valence-corrected chi connectivity index (χ1v) is 8.73. The van der Waals surface area contributed by atoms with E-state index in [2.05, 4.69) is 22.4 Å². The fraction of sp³-hybridized carbons (Fsp3) is 0.350. The van der Waals surface area contributed by atoms with E-state index in [-0.39, 0.29) is 23.8 Å². The molecule has 25 heavy (non-hydrogen) atoms. The molecular weight excluding hydrogens is 314 g/mol. The number of carbonyl (C=O) groups is 2. The van der Waals surface area contributed by atoms with Gasteiger partial charge in [0.1, 0.15) is 0 Å². The van der Waals surface area contributed by atoms with Crippen LogP contribution in [0, 0.1) is 5.92 Å². The number of rotatable bonds is 4. The molecule has 1 saturated heterocycles. The molecule has 1 aromatic carbocycles. The number of hydrogen-bond donors (Lipinski definition) is 1. The van der Waals surface area contributed by atoms with Crippen molar-refractivity contribution in [1.29, 1.82) is 0 Å². The molecule has 0 bridgehead atoms. The summed E-state index contributed by atoms with van der Waals surface area (Å²) in [5.74, 6) is -0.201. The third-order valence-corrected chi connectivity index (χ3v) is 5.11. The SMILES string of the molecule is O=C(NC1Cc2ccccc2C1)[C@@H]1CC(=O)N(Cc2ccncc2)C1. The molecule has 0 saturated carbocycles. The van der Waals surface area contributed by atoms with Crippen molar-refractivity contribution in [2.75, 3.05) is 6.54 Å². The molecule has 128 valence electrons. The van der Waals surface area contributed by atoms with E-state index in [0.717, 1.165) is 18.4 Å². The van der Waals surface area contributed by atoms with Crippen LogP contribution in [0.1, 0.15) is 23.1 Å². The molecule has 5 heteroatoms. The fourth-order valence-electron chi connectivity index (χ4n) is 3.79. The first-order chi connectivity index (χ1) is 12.2. The molecule has 5 nitrogen and oxygen atoms in total. The number of benzene rings is 1. The molecular formula is C20H21N3O2. The Morgan fingerprint density at radius 1 is 1.08 bits per heavy atom. The largest absolute Gasteiger partial charge is 0.352 e. The Morgan fingerprint density at radius 2 is 1.76 bits per heavy atom. The van der Waals surface area contributed by atoms with E-state index in [1.807, 2.05) is 24.3 Å². The maximum atomic E-state index is 12.6. The van der Waals surface area contributed by atoms with E-state index in [0.29, 0.717) is 19.5 Å². The van der Waals surface area contributed by atoms with Crippen LogP contribution in [-0.2, 0) is 29.0 Å². The van der Waals surface area contributed by atoms with Gasteiger partial charge in [-0.05, 0) is 41.7 Å². The Kier molecular flexibility index (Phi) is 4.22. The van der Waals surface area contributed by atoms with Crippen molar-refractivity contribution in [3.8, 4) is 0 Å². The van der Waals surface area contributed by atoms with Gasteiger partial charge in [0.05, 0.1) is 5.92 Å². The molecule has 2 aliphatic rings. The van der Waals surface area contributed by atoms with Crippen LogP contribution in [0.15, 0.2) is 48.8 Å². The molecule has 1 aliphatic carbocycles. The van der Waals surface area contributed by atoms with Crippen molar-refractivity contribution in [3.63, 3.8) is 0 Å². The van der Waals surface area contributed by atoms with E-state index in [9.17, 15) is 9.59 Å². The van der Waals surface area contributed by atoms with Gasteiger partial charge in [0, 0.05) is 37.9 Å². The van der Waals surface area contributed by atoms with Crippen LogP contribution in [-0.4, -0.2) is 34.3 Å². The fourth-order valence-corrected chi connectivity index (χ4v) is 3.79. The van der Waals surface area contributed by atoms with Crippen molar-refractivity contribution in [1.82, 2.24) is 15.2 Å². The van der Waals surface area contributed by atoms with Crippen LogP contribution in [0.25, 0.3) is 0 Å². The predicted molar refractivity (Wildman–Crippen MR) is 93.5 cm³/mol. The molecule has 0 unspecified atom stereocenters. The lowest BCUT2D eigenvalue weighted by Crippen LogP contribution is -2.40. The normalized spacial score (nSPS) is 19.9. The second-order valence-corrected chi connectivity index (χ2v) is 6.91. The summed E-state index contributed by atoms with van der Waals surface area (Å²) in [6.45, 7) is 1.03. The number of nitrogens with one attached hydrogen (secondary N) is 1. The molecule has 2 heterocycles. The Morgan fingerprint density at radius 3 is 2.44 bits per heavy atom. The van der Waals surface area contributed by atoms with E-state index in [1.54, 1.807) is 17.3 Å². The van der Waals surface area contributed by atoms with Gasteiger partial charge in [0.25, 0.3) is 0 Å². The molecule has 1 atom stereocenters. The Labute approximate surface area is 147 Å². The zero-order valence-corrected chi connectivity index (χ0v) is 14.0. The van der Waals surface area contributed by atoms with Crippen molar-refractivity contribution in [3.05, 3.63) is 65.5 Å². The maximum absolute atomic E-state index is 12.6. The highest BCUT2D eigenvalue weighted by molar-refractivity contribution is 5.89. The van der Waals surface area contributed by atoms with Gasteiger partial charge in [0.2, 0.25) is 11.8 Å². The van der Waals surface area contributed by atoms with E-state index < -0.39 is 0 Å². The third-order valence-electron chi connectivity index (χ3n) is 5.11. The lowest BCUT2D eigenvalue weighted by Gasteiger charge is -2.18. The number of nitrogens with zero attached hydrogens (tertiary/aromatic N) is 2. The van der Waals surface area contributed by atoms with Gasteiger partial charge >= 0.3 is 0 Å². The van der Waals surface area contributed by atoms with Crippen LogP contribution in [0.5, 0.6) is 0 Å². The molecule has 1 aliphatic heterocycles. The lowest BCUT2D eigenvalue weighted by atomic mass is 10.1. The van der Waals surface area contributed by atoms with E-state index in [1.165, 1.54) is 11.1 Å². The standard InChI is InChI=1S/C20H21N3O2/c24-19-11-17(13-23(19)12-14-5-7-21-8-6-14)20(25)22-18-9-15-3-1-2-4-16(15)10-18/h1-8,17-18H,9-13H2,(H,22,25)/t17-/m1/s1. The van der Waals surface area contributed by atoms with Crippen LogP contribution in [0.3, 0.4) is 0 Å². The smallest absolute Gasteiger partial charge is 0.225 e. The number of likely N-dealkylation sites (tertiary alicyclic amines) is 1. The van der Waals surface area contributed by atoms with Crippen molar-refractivity contribution < 1.29 is 9.59 Å². The van der Waals surface area contributed by atoms with Crippen LogP contribution < -0.4 is 5.32 Å². The number of amides is 2.